The molecular weight excluding hydrogens is 594 g/mol. The van der Waals surface area contributed by atoms with Crippen LogP contribution in [0.4, 0.5) is 4.79 Å². The smallest absolute Gasteiger partial charge is 0.317 e. The molecule has 1 heterocycles. The Bertz CT molecular complexity index is 1280. The first kappa shape index (κ1) is 36.8. The molecule has 1 aromatic rings. The number of carbonyl (C=O) groups excluding carboxylic acids is 3. The van der Waals surface area contributed by atoms with Gasteiger partial charge >= 0.3 is 6.03 Å². The van der Waals surface area contributed by atoms with Crippen molar-refractivity contribution in [3.05, 3.63) is 35.9 Å². The molecule has 2 fully saturated rings. The number of rotatable bonds is 11. The number of carbonyl (C=O) groups is 3. The van der Waals surface area contributed by atoms with Gasteiger partial charge in [-0.05, 0) is 71.3 Å². The van der Waals surface area contributed by atoms with Crippen LogP contribution < -0.4 is 16.0 Å². The monoisotopic (exact) mass is 649 g/mol. The number of aliphatic hydroxyl groups excluding tert-OH is 1. The standard InChI is InChI=1S/C33H55N5O6S/c1-32(2,3)36-29(40)26-19-23-16-12-13-17-24(23)20-38(26)21-27(39)25(18-22-14-10-9-11-15-22)34-30(41)28(35-31(42)37(6)7)33(4,5)45(8,43)44/h9-11,14-15,23-28,39H,12-13,16-21H2,1-8H3,(H,34,41)(H,35,42)(H,36,40). The minimum absolute atomic E-state index is 0.0660. The largest absolute Gasteiger partial charge is 0.390 e. The molecule has 6 unspecified atom stereocenters. The van der Waals surface area contributed by atoms with E-state index in [1.165, 1.54) is 32.8 Å². The van der Waals surface area contributed by atoms with Crippen molar-refractivity contribution in [2.24, 2.45) is 11.8 Å². The van der Waals surface area contributed by atoms with E-state index in [4.69, 9.17) is 0 Å². The van der Waals surface area contributed by atoms with Crippen molar-refractivity contribution in [3.63, 3.8) is 0 Å². The number of β-amino-alcohol motifs (C(OH)–C–C–N with tert-alkyl or cyclic N) is 1. The molecule has 12 heteroatoms. The summed E-state index contributed by atoms with van der Waals surface area (Å²) in [6.45, 7) is 9.48. The summed E-state index contributed by atoms with van der Waals surface area (Å²) in [7, 11) is -0.805. The number of hydrogen-bond acceptors (Lipinski definition) is 7. The number of likely N-dealkylation sites (tertiary alicyclic amines) is 1. The van der Waals surface area contributed by atoms with Crippen molar-refractivity contribution >= 4 is 27.7 Å². The lowest BCUT2D eigenvalue weighted by atomic mass is 9.72. The Morgan fingerprint density at radius 1 is 1.00 bits per heavy atom. The Morgan fingerprint density at radius 2 is 1.60 bits per heavy atom. The minimum Gasteiger partial charge on any atom is -0.390 e. The third-order valence-corrected chi connectivity index (χ3v) is 11.5. The number of fused-ring (bicyclic) bond motifs is 1. The SMILES string of the molecule is CN(C)C(=O)NC(C(=O)NC(Cc1ccccc1)C(O)CN1CC2CCCCC2CC1C(=O)NC(C)(C)C)C(C)(C)S(C)(=O)=O. The fourth-order valence-electron chi connectivity index (χ4n) is 6.43. The Balaban J connectivity index is 1.92. The fraction of sp³-hybridized carbons (Fsp3) is 0.727. The first-order valence-corrected chi connectivity index (χ1v) is 17.9. The lowest BCUT2D eigenvalue weighted by Crippen LogP contribution is -2.64. The zero-order chi connectivity index (χ0) is 33.7. The van der Waals surface area contributed by atoms with Gasteiger partial charge in [0.2, 0.25) is 11.8 Å². The van der Waals surface area contributed by atoms with Gasteiger partial charge in [-0.2, -0.15) is 0 Å². The van der Waals surface area contributed by atoms with E-state index < -0.39 is 56.3 Å². The number of urea groups is 1. The highest BCUT2D eigenvalue weighted by molar-refractivity contribution is 7.92. The lowest BCUT2D eigenvalue weighted by molar-refractivity contribution is -0.133. The maximum absolute atomic E-state index is 13.9. The fourth-order valence-corrected chi connectivity index (χ4v) is 7.03. The van der Waals surface area contributed by atoms with E-state index in [1.807, 2.05) is 51.1 Å². The van der Waals surface area contributed by atoms with Crippen LogP contribution in [0.3, 0.4) is 0 Å². The summed E-state index contributed by atoms with van der Waals surface area (Å²) in [5.41, 5.74) is 0.457. The zero-order valence-corrected chi connectivity index (χ0v) is 29.1. The molecule has 1 aromatic carbocycles. The number of benzene rings is 1. The molecule has 3 rings (SSSR count). The molecule has 6 atom stereocenters. The van der Waals surface area contributed by atoms with Crippen LogP contribution in [0.15, 0.2) is 30.3 Å². The molecule has 4 amide bonds. The number of aliphatic hydroxyl groups is 1. The van der Waals surface area contributed by atoms with Gasteiger partial charge in [0.05, 0.1) is 22.9 Å². The van der Waals surface area contributed by atoms with Gasteiger partial charge in [0, 0.05) is 39.0 Å². The van der Waals surface area contributed by atoms with E-state index in [-0.39, 0.29) is 18.9 Å². The molecular formula is C33H55N5O6S. The highest BCUT2D eigenvalue weighted by Gasteiger charge is 2.46. The summed E-state index contributed by atoms with van der Waals surface area (Å²) in [6, 6.07) is 6.11. The predicted molar refractivity (Wildman–Crippen MR) is 176 cm³/mol. The number of piperidine rings is 1. The third-order valence-electron chi connectivity index (χ3n) is 9.40. The Labute approximate surface area is 269 Å². The van der Waals surface area contributed by atoms with E-state index in [0.29, 0.717) is 18.4 Å². The summed E-state index contributed by atoms with van der Waals surface area (Å²) < 4.78 is 23.9. The van der Waals surface area contributed by atoms with Crippen LogP contribution in [0, 0.1) is 11.8 Å². The van der Waals surface area contributed by atoms with Crippen molar-refractivity contribution in [1.82, 2.24) is 25.8 Å². The van der Waals surface area contributed by atoms with Gasteiger partial charge < -0.3 is 26.0 Å². The third kappa shape index (κ3) is 9.89. The summed E-state index contributed by atoms with van der Waals surface area (Å²) in [5, 5.41) is 20.4. The van der Waals surface area contributed by atoms with Gasteiger partial charge in [-0.3, -0.25) is 14.5 Å². The van der Waals surface area contributed by atoms with Crippen molar-refractivity contribution in [2.75, 3.05) is 33.4 Å². The normalized spacial score (nSPS) is 23.2. The van der Waals surface area contributed by atoms with Gasteiger partial charge in [-0.1, -0.05) is 49.6 Å². The molecule has 0 spiro atoms. The van der Waals surface area contributed by atoms with Gasteiger partial charge in [0.15, 0.2) is 9.84 Å². The van der Waals surface area contributed by atoms with Crippen molar-refractivity contribution < 1.29 is 27.9 Å². The quantitative estimate of drug-likeness (QED) is 0.288. The molecule has 2 aliphatic rings. The molecule has 0 bridgehead atoms. The van der Waals surface area contributed by atoms with Crippen LogP contribution in [0.25, 0.3) is 0 Å². The molecule has 1 saturated heterocycles. The summed E-state index contributed by atoms with van der Waals surface area (Å²) in [4.78, 5) is 43.4. The van der Waals surface area contributed by atoms with Gasteiger partial charge in [0.1, 0.15) is 6.04 Å². The van der Waals surface area contributed by atoms with E-state index in [1.54, 1.807) is 0 Å². The topological polar surface area (TPSA) is 148 Å². The zero-order valence-electron chi connectivity index (χ0n) is 28.3. The molecule has 0 aromatic heterocycles. The Hall–Kier alpha value is -2.70. The maximum Gasteiger partial charge on any atom is 0.317 e. The van der Waals surface area contributed by atoms with Crippen molar-refractivity contribution in [1.29, 1.82) is 0 Å². The second-order valence-corrected chi connectivity index (χ2v) is 17.4. The molecule has 254 valence electrons. The van der Waals surface area contributed by atoms with Crippen molar-refractivity contribution in [2.45, 2.75) is 108 Å². The molecule has 11 nitrogen and oxygen atoms in total. The maximum atomic E-state index is 13.9. The molecule has 1 saturated carbocycles. The number of amides is 4. The van der Waals surface area contributed by atoms with Crippen molar-refractivity contribution in [3.8, 4) is 0 Å². The van der Waals surface area contributed by atoms with Crippen LogP contribution in [0.1, 0.15) is 72.3 Å². The average molecular weight is 650 g/mol. The molecule has 45 heavy (non-hydrogen) atoms. The molecule has 0 radical (unpaired) electrons. The number of nitrogens with zero attached hydrogens (tertiary/aromatic N) is 2. The average Bonchev–Trinajstić information content (AvgIpc) is 2.93. The van der Waals surface area contributed by atoms with Gasteiger partial charge in [-0.25, -0.2) is 13.2 Å². The lowest BCUT2D eigenvalue weighted by Gasteiger charge is -2.47. The number of nitrogens with one attached hydrogen (secondary N) is 3. The second-order valence-electron chi connectivity index (χ2n) is 14.8. The number of hydrogen-bond donors (Lipinski definition) is 4. The first-order chi connectivity index (χ1) is 20.8. The molecule has 4 N–H and O–H groups in total. The van der Waals surface area contributed by atoms with Crippen LogP contribution in [0.5, 0.6) is 0 Å². The molecule has 1 aliphatic carbocycles. The van der Waals surface area contributed by atoms with Gasteiger partial charge in [-0.15, -0.1) is 0 Å². The highest BCUT2D eigenvalue weighted by Crippen LogP contribution is 2.39. The summed E-state index contributed by atoms with van der Waals surface area (Å²) in [5.74, 6) is 0.118. The van der Waals surface area contributed by atoms with Crippen LogP contribution >= 0.6 is 0 Å². The summed E-state index contributed by atoms with van der Waals surface area (Å²) in [6.07, 6.45) is 5.42. The Kier molecular flexibility index (Phi) is 12.1. The molecule has 1 aliphatic heterocycles. The van der Waals surface area contributed by atoms with E-state index in [2.05, 4.69) is 20.9 Å². The highest BCUT2D eigenvalue weighted by atomic mass is 32.2. The van der Waals surface area contributed by atoms with Crippen LogP contribution in [-0.2, 0) is 25.8 Å². The minimum atomic E-state index is -3.81. The first-order valence-electron chi connectivity index (χ1n) is 16.1. The van der Waals surface area contributed by atoms with E-state index >= 15 is 0 Å². The second kappa shape index (κ2) is 14.8. The van der Waals surface area contributed by atoms with E-state index in [9.17, 15) is 27.9 Å². The van der Waals surface area contributed by atoms with Crippen LogP contribution in [-0.4, -0.2) is 109 Å². The number of sulfone groups is 1. The van der Waals surface area contributed by atoms with E-state index in [0.717, 1.165) is 43.9 Å². The summed E-state index contributed by atoms with van der Waals surface area (Å²) >= 11 is 0. The Morgan fingerprint density at radius 3 is 2.16 bits per heavy atom. The van der Waals surface area contributed by atoms with Crippen LogP contribution in [0.2, 0.25) is 0 Å². The predicted octanol–water partition coefficient (Wildman–Crippen LogP) is 2.33. The van der Waals surface area contributed by atoms with Gasteiger partial charge in [0.25, 0.3) is 0 Å².